The zero-order valence-corrected chi connectivity index (χ0v) is 9.61. The molecule has 1 aliphatic heterocycles. The third kappa shape index (κ3) is 2.38. The number of hydrogen-bond donors (Lipinski definition) is 1. The average molecular weight is 208 g/mol. The first-order valence-corrected chi connectivity index (χ1v) is 5.68. The van der Waals surface area contributed by atoms with Gasteiger partial charge in [-0.1, -0.05) is 6.92 Å². The maximum atomic E-state index is 5.89. The Labute approximate surface area is 91.1 Å². The molecule has 4 nitrogen and oxygen atoms in total. The van der Waals surface area contributed by atoms with Gasteiger partial charge in [0.1, 0.15) is 0 Å². The van der Waals surface area contributed by atoms with Crippen molar-refractivity contribution in [1.82, 2.24) is 14.7 Å². The van der Waals surface area contributed by atoms with E-state index >= 15 is 0 Å². The quantitative estimate of drug-likeness (QED) is 0.787. The van der Waals surface area contributed by atoms with E-state index in [0.717, 1.165) is 32.5 Å². The van der Waals surface area contributed by atoms with Crippen molar-refractivity contribution in [3.05, 3.63) is 17.5 Å². The average Bonchev–Trinajstić information content (AvgIpc) is 2.73. The third-order valence-electron chi connectivity index (χ3n) is 3.03. The van der Waals surface area contributed by atoms with Gasteiger partial charge >= 0.3 is 0 Å². The summed E-state index contributed by atoms with van der Waals surface area (Å²) in [6, 6.07) is 0.367. The molecular formula is C11H20N4. The highest BCUT2D eigenvalue weighted by Gasteiger charge is 2.20. The van der Waals surface area contributed by atoms with Crippen molar-refractivity contribution in [1.29, 1.82) is 0 Å². The van der Waals surface area contributed by atoms with Crippen LogP contribution in [0.15, 0.2) is 6.20 Å². The fraction of sp³-hybridized carbons (Fsp3) is 0.727. The Morgan fingerprint density at radius 1 is 1.60 bits per heavy atom. The number of aryl methyl sites for hydroxylation is 2. The zero-order chi connectivity index (χ0) is 10.8. The molecule has 2 rings (SSSR count). The van der Waals surface area contributed by atoms with Gasteiger partial charge in [0.2, 0.25) is 0 Å². The number of nitrogens with zero attached hydrogens (tertiary/aromatic N) is 3. The maximum absolute atomic E-state index is 5.89. The third-order valence-corrected chi connectivity index (χ3v) is 3.03. The lowest BCUT2D eigenvalue weighted by Crippen LogP contribution is -2.26. The van der Waals surface area contributed by atoms with Crippen LogP contribution < -0.4 is 5.73 Å². The summed E-state index contributed by atoms with van der Waals surface area (Å²) in [7, 11) is 1.98. The second-order valence-corrected chi connectivity index (χ2v) is 4.41. The minimum atomic E-state index is 0.367. The van der Waals surface area contributed by atoms with Gasteiger partial charge in [0.15, 0.2) is 0 Å². The van der Waals surface area contributed by atoms with Gasteiger partial charge in [0, 0.05) is 44.5 Å². The van der Waals surface area contributed by atoms with Gasteiger partial charge in [-0.25, -0.2) is 0 Å². The Bertz CT molecular complexity index is 331. The topological polar surface area (TPSA) is 47.1 Å². The highest BCUT2D eigenvalue weighted by atomic mass is 15.3. The zero-order valence-electron chi connectivity index (χ0n) is 9.61. The van der Waals surface area contributed by atoms with Gasteiger partial charge in [-0.15, -0.1) is 0 Å². The van der Waals surface area contributed by atoms with Crippen LogP contribution in [0.4, 0.5) is 0 Å². The summed E-state index contributed by atoms with van der Waals surface area (Å²) in [6.45, 7) is 5.31. The molecule has 1 unspecified atom stereocenters. The largest absolute Gasteiger partial charge is 0.326 e. The van der Waals surface area contributed by atoms with Crippen LogP contribution in [-0.2, 0) is 20.0 Å². The van der Waals surface area contributed by atoms with Crippen molar-refractivity contribution in [2.45, 2.75) is 32.4 Å². The Morgan fingerprint density at radius 3 is 3.00 bits per heavy atom. The van der Waals surface area contributed by atoms with Crippen molar-refractivity contribution >= 4 is 0 Å². The Kier molecular flexibility index (Phi) is 3.07. The van der Waals surface area contributed by atoms with Crippen LogP contribution >= 0.6 is 0 Å². The lowest BCUT2D eigenvalue weighted by Gasteiger charge is -2.14. The van der Waals surface area contributed by atoms with Crippen LogP contribution in [0.5, 0.6) is 0 Å². The lowest BCUT2D eigenvalue weighted by atomic mass is 10.2. The molecule has 0 radical (unpaired) electrons. The summed E-state index contributed by atoms with van der Waals surface area (Å²) in [6.07, 6.45) is 4.26. The highest BCUT2D eigenvalue weighted by Crippen LogP contribution is 2.15. The van der Waals surface area contributed by atoms with Crippen LogP contribution in [0.25, 0.3) is 0 Å². The van der Waals surface area contributed by atoms with Gasteiger partial charge in [-0.2, -0.15) is 5.10 Å². The molecule has 4 heteroatoms. The lowest BCUT2D eigenvalue weighted by molar-refractivity contribution is 0.326. The molecule has 0 bridgehead atoms. The summed E-state index contributed by atoms with van der Waals surface area (Å²) in [4.78, 5) is 2.42. The molecule has 0 saturated carbocycles. The fourth-order valence-electron chi connectivity index (χ4n) is 2.26. The molecule has 1 aromatic heterocycles. The van der Waals surface area contributed by atoms with Crippen molar-refractivity contribution in [2.24, 2.45) is 12.8 Å². The fourth-order valence-corrected chi connectivity index (χ4v) is 2.26. The second kappa shape index (κ2) is 4.33. The number of rotatable bonds is 3. The Balaban J connectivity index is 2.03. The van der Waals surface area contributed by atoms with Gasteiger partial charge < -0.3 is 5.73 Å². The first-order valence-electron chi connectivity index (χ1n) is 5.68. The molecule has 2 heterocycles. The van der Waals surface area contributed by atoms with Crippen LogP contribution in [0.2, 0.25) is 0 Å². The molecule has 0 amide bonds. The van der Waals surface area contributed by atoms with E-state index in [1.807, 2.05) is 11.7 Å². The number of nitrogens with two attached hydrogens (primary N) is 1. The molecule has 1 aliphatic rings. The minimum absolute atomic E-state index is 0.367. The van der Waals surface area contributed by atoms with E-state index in [-0.39, 0.29) is 0 Å². The molecule has 84 valence electrons. The molecule has 0 spiro atoms. The molecule has 0 aromatic carbocycles. The predicted octanol–water partition coefficient (Wildman–Crippen LogP) is 0.516. The highest BCUT2D eigenvalue weighted by molar-refractivity contribution is 5.17. The van der Waals surface area contributed by atoms with E-state index in [2.05, 4.69) is 23.1 Å². The summed E-state index contributed by atoms with van der Waals surface area (Å²) < 4.78 is 1.91. The van der Waals surface area contributed by atoms with E-state index in [4.69, 9.17) is 5.73 Å². The first kappa shape index (κ1) is 10.6. The van der Waals surface area contributed by atoms with Crippen molar-refractivity contribution < 1.29 is 0 Å². The summed E-state index contributed by atoms with van der Waals surface area (Å²) in [5, 5.41) is 4.45. The Hall–Kier alpha value is -0.870. The van der Waals surface area contributed by atoms with E-state index in [1.54, 1.807) is 0 Å². The van der Waals surface area contributed by atoms with E-state index in [0.29, 0.717) is 6.04 Å². The molecule has 15 heavy (non-hydrogen) atoms. The number of hydrogen-bond acceptors (Lipinski definition) is 3. The minimum Gasteiger partial charge on any atom is -0.326 e. The monoisotopic (exact) mass is 208 g/mol. The van der Waals surface area contributed by atoms with Gasteiger partial charge in [-0.3, -0.25) is 9.58 Å². The van der Waals surface area contributed by atoms with Gasteiger partial charge in [-0.05, 0) is 12.8 Å². The van der Waals surface area contributed by atoms with Crippen molar-refractivity contribution in [3.63, 3.8) is 0 Å². The number of aromatic nitrogens is 2. The van der Waals surface area contributed by atoms with Crippen LogP contribution in [0, 0.1) is 0 Å². The Morgan fingerprint density at radius 2 is 2.40 bits per heavy atom. The second-order valence-electron chi connectivity index (χ2n) is 4.41. The van der Waals surface area contributed by atoms with Crippen LogP contribution in [0.3, 0.4) is 0 Å². The molecule has 1 fully saturated rings. The molecule has 0 aliphatic carbocycles. The van der Waals surface area contributed by atoms with E-state index in [1.165, 1.54) is 11.3 Å². The summed E-state index contributed by atoms with van der Waals surface area (Å²) in [5.74, 6) is 0. The summed E-state index contributed by atoms with van der Waals surface area (Å²) in [5.41, 5.74) is 8.47. The SMILES string of the molecule is CCc1nn(C)cc1CN1CCC(N)C1. The van der Waals surface area contributed by atoms with Gasteiger partial charge in [0.25, 0.3) is 0 Å². The molecule has 1 aromatic rings. The first-order chi connectivity index (χ1) is 7.19. The van der Waals surface area contributed by atoms with Crippen molar-refractivity contribution in [2.75, 3.05) is 13.1 Å². The summed E-state index contributed by atoms with van der Waals surface area (Å²) >= 11 is 0. The molecule has 1 atom stereocenters. The molecule has 2 N–H and O–H groups in total. The van der Waals surface area contributed by atoms with Crippen LogP contribution in [0.1, 0.15) is 24.6 Å². The van der Waals surface area contributed by atoms with E-state index < -0.39 is 0 Å². The number of likely N-dealkylation sites (tertiary alicyclic amines) is 1. The predicted molar refractivity (Wildman–Crippen MR) is 60.5 cm³/mol. The van der Waals surface area contributed by atoms with E-state index in [9.17, 15) is 0 Å². The smallest absolute Gasteiger partial charge is 0.0666 e. The molecule has 1 saturated heterocycles. The van der Waals surface area contributed by atoms with Crippen LogP contribution in [-0.4, -0.2) is 33.8 Å². The standard InChI is InChI=1S/C11H20N4/c1-3-11-9(6-14(2)13-11)7-15-5-4-10(12)8-15/h6,10H,3-5,7-8,12H2,1-2H3. The van der Waals surface area contributed by atoms with Gasteiger partial charge in [0.05, 0.1) is 5.69 Å². The van der Waals surface area contributed by atoms with Crippen molar-refractivity contribution in [3.8, 4) is 0 Å². The maximum Gasteiger partial charge on any atom is 0.0666 e. The normalized spacial score (nSPS) is 22.5. The molecular weight excluding hydrogens is 188 g/mol.